The molecule has 4 aromatic rings. The lowest BCUT2D eigenvalue weighted by molar-refractivity contribution is -0.118. The van der Waals surface area contributed by atoms with Gasteiger partial charge in [0, 0.05) is 17.3 Å². The summed E-state index contributed by atoms with van der Waals surface area (Å²) in [6, 6.07) is 20.6. The van der Waals surface area contributed by atoms with E-state index in [-0.39, 0.29) is 17.9 Å². The van der Waals surface area contributed by atoms with Crippen LogP contribution in [0.25, 0.3) is 22.3 Å². The fourth-order valence-corrected chi connectivity index (χ4v) is 3.27. The van der Waals surface area contributed by atoms with Crippen LogP contribution in [0.2, 0.25) is 0 Å². The highest BCUT2D eigenvalue weighted by molar-refractivity contribution is 5.92. The van der Waals surface area contributed by atoms with Gasteiger partial charge in [-0.25, -0.2) is 0 Å². The molecule has 1 amide bonds. The maximum absolute atomic E-state index is 12.7. The molecule has 4 rings (SSSR count). The number of anilines is 1. The van der Waals surface area contributed by atoms with Gasteiger partial charge in [-0.1, -0.05) is 0 Å². The lowest BCUT2D eigenvalue weighted by Gasteiger charge is -2.09. The SMILES string of the molecule is CCOc1ccc(NC(=O)COc2ccc3oc(-c4ccc(OC)cc4)cc(=O)c3c2)cc1. The maximum Gasteiger partial charge on any atom is 0.262 e. The number of carbonyl (C=O) groups is 1. The second-order valence-corrected chi connectivity index (χ2v) is 7.16. The van der Waals surface area contributed by atoms with Gasteiger partial charge in [0.2, 0.25) is 0 Å². The molecule has 7 heteroatoms. The molecule has 168 valence electrons. The first-order valence-electron chi connectivity index (χ1n) is 10.4. The highest BCUT2D eigenvalue weighted by Crippen LogP contribution is 2.26. The van der Waals surface area contributed by atoms with Crippen LogP contribution in [-0.4, -0.2) is 26.2 Å². The fraction of sp³-hybridized carbons (Fsp3) is 0.154. The summed E-state index contributed by atoms with van der Waals surface area (Å²) in [4.78, 5) is 24.9. The number of fused-ring (bicyclic) bond motifs is 1. The van der Waals surface area contributed by atoms with Gasteiger partial charge in [-0.3, -0.25) is 9.59 Å². The Balaban J connectivity index is 1.43. The Hall–Kier alpha value is -4.26. The first kappa shape index (κ1) is 22.0. The lowest BCUT2D eigenvalue weighted by atomic mass is 10.1. The molecular formula is C26H23NO6. The minimum absolute atomic E-state index is 0.200. The van der Waals surface area contributed by atoms with Gasteiger partial charge in [0.25, 0.3) is 5.91 Å². The average Bonchev–Trinajstić information content (AvgIpc) is 2.84. The standard InChI is InChI=1S/C26H23NO6/c1-3-31-20-10-6-18(7-11-20)27-26(29)16-32-21-12-13-24-22(14-21)23(28)15-25(33-24)17-4-8-19(30-2)9-5-17/h4-15H,3,16H2,1-2H3,(H,27,29). The van der Waals surface area contributed by atoms with E-state index < -0.39 is 0 Å². The third kappa shape index (κ3) is 5.33. The van der Waals surface area contributed by atoms with Crippen molar-refractivity contribution >= 4 is 22.6 Å². The van der Waals surface area contributed by atoms with Crippen molar-refractivity contribution in [1.82, 2.24) is 0 Å². The van der Waals surface area contributed by atoms with Crippen LogP contribution in [-0.2, 0) is 4.79 Å². The van der Waals surface area contributed by atoms with Crippen molar-refractivity contribution in [3.63, 3.8) is 0 Å². The van der Waals surface area contributed by atoms with E-state index in [1.165, 1.54) is 6.07 Å². The van der Waals surface area contributed by atoms with Crippen molar-refractivity contribution in [1.29, 1.82) is 0 Å². The van der Waals surface area contributed by atoms with Crippen molar-refractivity contribution in [2.24, 2.45) is 0 Å². The zero-order valence-corrected chi connectivity index (χ0v) is 18.3. The van der Waals surface area contributed by atoms with E-state index in [2.05, 4.69) is 5.32 Å². The predicted octanol–water partition coefficient (Wildman–Crippen LogP) is 4.88. The van der Waals surface area contributed by atoms with E-state index in [1.54, 1.807) is 61.7 Å². The van der Waals surface area contributed by atoms with E-state index in [0.29, 0.717) is 34.8 Å². The summed E-state index contributed by atoms with van der Waals surface area (Å²) in [5.41, 5.74) is 1.63. The van der Waals surface area contributed by atoms with Crippen LogP contribution in [0.5, 0.6) is 17.2 Å². The summed E-state index contributed by atoms with van der Waals surface area (Å²) in [6.45, 7) is 2.28. The molecule has 7 nitrogen and oxygen atoms in total. The molecule has 1 heterocycles. The van der Waals surface area contributed by atoms with Gasteiger partial charge in [-0.15, -0.1) is 0 Å². The summed E-state index contributed by atoms with van der Waals surface area (Å²) in [5.74, 6) is 1.99. The smallest absolute Gasteiger partial charge is 0.262 e. The molecule has 1 aromatic heterocycles. The number of nitrogens with one attached hydrogen (secondary N) is 1. The Morgan fingerprint density at radius 1 is 0.879 bits per heavy atom. The van der Waals surface area contributed by atoms with Crippen LogP contribution >= 0.6 is 0 Å². The number of hydrogen-bond acceptors (Lipinski definition) is 6. The number of carbonyl (C=O) groups excluding carboxylic acids is 1. The van der Waals surface area contributed by atoms with Crippen molar-refractivity contribution in [2.75, 3.05) is 25.6 Å². The molecule has 0 aliphatic rings. The van der Waals surface area contributed by atoms with Gasteiger partial charge >= 0.3 is 0 Å². The molecular weight excluding hydrogens is 422 g/mol. The Morgan fingerprint density at radius 2 is 1.58 bits per heavy atom. The van der Waals surface area contributed by atoms with Crippen molar-refractivity contribution in [3.8, 4) is 28.6 Å². The Labute approximate surface area is 190 Å². The summed E-state index contributed by atoms with van der Waals surface area (Å²) >= 11 is 0. The van der Waals surface area contributed by atoms with Gasteiger partial charge in [0.15, 0.2) is 12.0 Å². The molecule has 33 heavy (non-hydrogen) atoms. The number of methoxy groups -OCH3 is 1. The van der Waals surface area contributed by atoms with Crippen molar-refractivity contribution in [2.45, 2.75) is 6.92 Å². The summed E-state index contributed by atoms with van der Waals surface area (Å²) in [7, 11) is 1.59. The first-order chi connectivity index (χ1) is 16.1. The quantitative estimate of drug-likeness (QED) is 0.416. The topological polar surface area (TPSA) is 87.0 Å². The van der Waals surface area contributed by atoms with Crippen LogP contribution < -0.4 is 25.0 Å². The number of ether oxygens (including phenoxy) is 3. The molecule has 0 bridgehead atoms. The Bertz CT molecular complexity index is 1310. The average molecular weight is 445 g/mol. The Kier molecular flexibility index (Phi) is 6.59. The number of hydrogen-bond donors (Lipinski definition) is 1. The normalized spacial score (nSPS) is 10.6. The van der Waals surface area contributed by atoms with Gasteiger partial charge in [0.05, 0.1) is 19.1 Å². The summed E-state index contributed by atoms with van der Waals surface area (Å²) in [6.07, 6.45) is 0. The largest absolute Gasteiger partial charge is 0.497 e. The highest BCUT2D eigenvalue weighted by atomic mass is 16.5. The molecule has 0 aliphatic carbocycles. The second kappa shape index (κ2) is 9.91. The molecule has 0 radical (unpaired) electrons. The van der Waals surface area contributed by atoms with Crippen molar-refractivity contribution in [3.05, 3.63) is 83.0 Å². The van der Waals surface area contributed by atoms with Crippen LogP contribution in [0.15, 0.2) is 82.0 Å². The third-order valence-electron chi connectivity index (χ3n) is 4.89. The van der Waals surface area contributed by atoms with Crippen LogP contribution in [0, 0.1) is 0 Å². The molecule has 0 fully saturated rings. The van der Waals surface area contributed by atoms with E-state index in [0.717, 1.165) is 17.1 Å². The minimum Gasteiger partial charge on any atom is -0.497 e. The molecule has 0 atom stereocenters. The van der Waals surface area contributed by atoms with E-state index in [4.69, 9.17) is 18.6 Å². The highest BCUT2D eigenvalue weighted by Gasteiger charge is 2.10. The summed E-state index contributed by atoms with van der Waals surface area (Å²) in [5, 5.41) is 3.13. The summed E-state index contributed by atoms with van der Waals surface area (Å²) < 4.78 is 22.0. The third-order valence-corrected chi connectivity index (χ3v) is 4.89. The maximum atomic E-state index is 12.7. The number of amides is 1. The molecule has 0 saturated heterocycles. The van der Waals surface area contributed by atoms with Gasteiger partial charge < -0.3 is 23.9 Å². The van der Waals surface area contributed by atoms with Crippen LogP contribution in [0.3, 0.4) is 0 Å². The minimum atomic E-state index is -0.318. The second-order valence-electron chi connectivity index (χ2n) is 7.16. The van der Waals surface area contributed by atoms with Crippen LogP contribution in [0.4, 0.5) is 5.69 Å². The number of rotatable bonds is 8. The fourth-order valence-electron chi connectivity index (χ4n) is 3.27. The Morgan fingerprint density at radius 3 is 2.27 bits per heavy atom. The molecule has 0 aliphatic heterocycles. The molecule has 0 unspecified atom stereocenters. The monoisotopic (exact) mass is 445 g/mol. The lowest BCUT2D eigenvalue weighted by Crippen LogP contribution is -2.20. The zero-order valence-electron chi connectivity index (χ0n) is 18.3. The first-order valence-corrected chi connectivity index (χ1v) is 10.4. The van der Waals surface area contributed by atoms with E-state index in [1.807, 2.05) is 19.1 Å². The van der Waals surface area contributed by atoms with Gasteiger partial charge in [-0.05, 0) is 73.7 Å². The molecule has 0 spiro atoms. The van der Waals surface area contributed by atoms with Crippen LogP contribution in [0.1, 0.15) is 6.92 Å². The molecule has 0 saturated carbocycles. The van der Waals surface area contributed by atoms with Gasteiger partial charge in [0.1, 0.15) is 28.6 Å². The predicted molar refractivity (Wildman–Crippen MR) is 126 cm³/mol. The van der Waals surface area contributed by atoms with Gasteiger partial charge in [-0.2, -0.15) is 0 Å². The van der Waals surface area contributed by atoms with Crippen molar-refractivity contribution < 1.29 is 23.4 Å². The molecule has 1 N–H and O–H groups in total. The zero-order chi connectivity index (χ0) is 23.2. The number of benzene rings is 3. The molecule has 3 aromatic carbocycles. The van der Waals surface area contributed by atoms with E-state index in [9.17, 15) is 9.59 Å². The van der Waals surface area contributed by atoms with E-state index >= 15 is 0 Å².